The van der Waals surface area contributed by atoms with Crippen molar-refractivity contribution in [2.75, 3.05) is 26.2 Å². The van der Waals surface area contributed by atoms with Gasteiger partial charge in [-0.1, -0.05) is 18.2 Å². The fraction of sp³-hybridized carbons (Fsp3) is 0.526. The molecule has 1 aromatic carbocycles. The van der Waals surface area contributed by atoms with Gasteiger partial charge in [-0.3, -0.25) is 4.79 Å². The zero-order valence-electron chi connectivity index (χ0n) is 15.1. The fourth-order valence-electron chi connectivity index (χ4n) is 3.72. The van der Waals surface area contributed by atoms with Crippen LogP contribution in [-0.4, -0.2) is 59.0 Å². The molecule has 2 fully saturated rings. The van der Waals surface area contributed by atoms with Gasteiger partial charge in [0, 0.05) is 31.7 Å². The molecule has 2 aliphatic heterocycles. The van der Waals surface area contributed by atoms with Gasteiger partial charge in [0.2, 0.25) is 5.91 Å². The van der Waals surface area contributed by atoms with Crippen LogP contribution >= 0.6 is 0 Å². The van der Waals surface area contributed by atoms with Crippen LogP contribution in [0.2, 0.25) is 0 Å². The number of amides is 3. The van der Waals surface area contributed by atoms with E-state index >= 15 is 0 Å². The van der Waals surface area contributed by atoms with Crippen molar-refractivity contribution in [1.29, 1.82) is 0 Å². The SMILES string of the molecule is O=C(NC(C(=O)O)c1ccccc1F)C1CCCN(C(=O)N2CCCC2)C1. The van der Waals surface area contributed by atoms with Crippen LogP contribution in [0.3, 0.4) is 0 Å². The van der Waals surface area contributed by atoms with E-state index < -0.39 is 29.7 Å². The van der Waals surface area contributed by atoms with E-state index in [0.29, 0.717) is 19.4 Å². The Morgan fingerprint density at radius 2 is 1.74 bits per heavy atom. The van der Waals surface area contributed by atoms with Gasteiger partial charge >= 0.3 is 12.0 Å². The molecule has 0 bridgehead atoms. The first-order valence-electron chi connectivity index (χ1n) is 9.29. The average Bonchev–Trinajstić information content (AvgIpc) is 3.20. The van der Waals surface area contributed by atoms with Crippen LogP contribution in [0.4, 0.5) is 9.18 Å². The molecule has 8 heteroatoms. The Labute approximate surface area is 157 Å². The van der Waals surface area contributed by atoms with Gasteiger partial charge < -0.3 is 20.2 Å². The number of nitrogens with zero attached hydrogens (tertiary/aromatic N) is 2. The first-order chi connectivity index (χ1) is 13.0. The summed E-state index contributed by atoms with van der Waals surface area (Å²) >= 11 is 0. The highest BCUT2D eigenvalue weighted by Gasteiger charge is 2.34. The van der Waals surface area contributed by atoms with Gasteiger partial charge in [-0.05, 0) is 31.7 Å². The molecule has 2 atom stereocenters. The van der Waals surface area contributed by atoms with Gasteiger partial charge in [-0.15, -0.1) is 0 Å². The number of carboxylic acid groups (broad SMARTS) is 1. The first kappa shape index (κ1) is 19.1. The molecule has 0 saturated carbocycles. The monoisotopic (exact) mass is 377 g/mol. The molecular formula is C19H24FN3O4. The molecule has 2 N–H and O–H groups in total. The quantitative estimate of drug-likeness (QED) is 0.840. The minimum Gasteiger partial charge on any atom is -0.479 e. The third kappa shape index (κ3) is 4.37. The summed E-state index contributed by atoms with van der Waals surface area (Å²) in [6.07, 6.45) is 3.23. The summed E-state index contributed by atoms with van der Waals surface area (Å²) in [6, 6.07) is 3.98. The van der Waals surface area contributed by atoms with Crippen molar-refractivity contribution in [3.63, 3.8) is 0 Å². The Balaban J connectivity index is 1.66. The Morgan fingerprint density at radius 1 is 1.07 bits per heavy atom. The largest absolute Gasteiger partial charge is 0.479 e. The number of nitrogens with one attached hydrogen (secondary N) is 1. The van der Waals surface area contributed by atoms with Crippen molar-refractivity contribution in [1.82, 2.24) is 15.1 Å². The van der Waals surface area contributed by atoms with Crippen molar-refractivity contribution in [2.45, 2.75) is 31.7 Å². The summed E-state index contributed by atoms with van der Waals surface area (Å²) in [5, 5.41) is 11.9. The lowest BCUT2D eigenvalue weighted by molar-refractivity contribution is -0.143. The summed E-state index contributed by atoms with van der Waals surface area (Å²) in [4.78, 5) is 40.2. The average molecular weight is 377 g/mol. The van der Waals surface area contributed by atoms with Crippen LogP contribution in [0.25, 0.3) is 0 Å². The molecule has 3 amide bonds. The van der Waals surface area contributed by atoms with Crippen LogP contribution in [0, 0.1) is 11.7 Å². The fourth-order valence-corrected chi connectivity index (χ4v) is 3.72. The van der Waals surface area contributed by atoms with E-state index in [1.54, 1.807) is 9.80 Å². The summed E-state index contributed by atoms with van der Waals surface area (Å²) in [7, 11) is 0. The minimum atomic E-state index is -1.46. The molecule has 0 aliphatic carbocycles. The van der Waals surface area contributed by atoms with Gasteiger partial charge in [0.15, 0.2) is 6.04 Å². The molecule has 2 unspecified atom stereocenters. The zero-order valence-corrected chi connectivity index (χ0v) is 15.1. The van der Waals surface area contributed by atoms with Crippen molar-refractivity contribution >= 4 is 17.9 Å². The van der Waals surface area contributed by atoms with Crippen molar-refractivity contribution in [3.8, 4) is 0 Å². The standard InChI is InChI=1S/C19H24FN3O4/c20-15-8-2-1-7-14(15)16(18(25)26)21-17(24)13-6-5-11-23(12-13)19(27)22-9-3-4-10-22/h1-2,7-8,13,16H,3-6,9-12H2,(H,21,24)(H,25,26). The molecule has 2 aliphatic rings. The normalized spacial score (nSPS) is 21.0. The molecule has 1 aromatic rings. The number of hydrogen-bond donors (Lipinski definition) is 2. The molecule has 7 nitrogen and oxygen atoms in total. The summed E-state index contributed by atoms with van der Waals surface area (Å²) in [6.45, 7) is 2.32. The number of carbonyl (C=O) groups excluding carboxylic acids is 2. The number of carbonyl (C=O) groups is 3. The van der Waals surface area contributed by atoms with E-state index in [4.69, 9.17) is 0 Å². The third-order valence-corrected chi connectivity index (χ3v) is 5.19. The second kappa shape index (κ2) is 8.37. The molecule has 27 heavy (non-hydrogen) atoms. The van der Waals surface area contributed by atoms with Gasteiger partial charge in [0.1, 0.15) is 5.82 Å². The molecule has 146 valence electrons. The van der Waals surface area contributed by atoms with Crippen LogP contribution < -0.4 is 5.32 Å². The highest BCUT2D eigenvalue weighted by atomic mass is 19.1. The number of urea groups is 1. The number of carboxylic acids is 1. The van der Waals surface area contributed by atoms with Gasteiger partial charge in [0.05, 0.1) is 5.92 Å². The lowest BCUT2D eigenvalue weighted by Crippen LogP contribution is -2.50. The maximum Gasteiger partial charge on any atom is 0.331 e. The Bertz CT molecular complexity index is 721. The molecule has 0 radical (unpaired) electrons. The second-order valence-electron chi connectivity index (χ2n) is 7.06. The lowest BCUT2D eigenvalue weighted by Gasteiger charge is -2.35. The van der Waals surface area contributed by atoms with E-state index in [1.165, 1.54) is 18.2 Å². The molecule has 2 saturated heterocycles. The van der Waals surface area contributed by atoms with Crippen molar-refractivity contribution in [3.05, 3.63) is 35.6 Å². The second-order valence-corrected chi connectivity index (χ2v) is 7.06. The molecule has 2 heterocycles. The lowest BCUT2D eigenvalue weighted by atomic mass is 9.96. The Kier molecular flexibility index (Phi) is 5.93. The maximum atomic E-state index is 14.0. The number of likely N-dealkylation sites (tertiary alicyclic amines) is 2. The smallest absolute Gasteiger partial charge is 0.331 e. The predicted molar refractivity (Wildman–Crippen MR) is 95.4 cm³/mol. The highest BCUT2D eigenvalue weighted by molar-refractivity contribution is 5.86. The number of aliphatic carboxylic acids is 1. The predicted octanol–water partition coefficient (Wildman–Crippen LogP) is 2.00. The summed E-state index contributed by atoms with van der Waals surface area (Å²) in [5.41, 5.74) is -0.0841. The van der Waals surface area contributed by atoms with E-state index in [-0.39, 0.29) is 18.1 Å². The summed E-state index contributed by atoms with van der Waals surface area (Å²) in [5.74, 6) is -2.97. The number of rotatable bonds is 4. The van der Waals surface area contributed by atoms with Gasteiger partial charge in [0.25, 0.3) is 0 Å². The van der Waals surface area contributed by atoms with Crippen LogP contribution in [0.1, 0.15) is 37.3 Å². The summed E-state index contributed by atoms with van der Waals surface area (Å²) < 4.78 is 14.0. The maximum absolute atomic E-state index is 14.0. The van der Waals surface area contributed by atoms with Crippen molar-refractivity contribution < 1.29 is 23.9 Å². The topological polar surface area (TPSA) is 90.0 Å². The van der Waals surface area contributed by atoms with E-state index in [2.05, 4.69) is 5.32 Å². The molecule has 0 aromatic heterocycles. The molecule has 0 spiro atoms. The number of halogens is 1. The van der Waals surface area contributed by atoms with Gasteiger partial charge in [-0.2, -0.15) is 0 Å². The molecule has 3 rings (SSSR count). The number of hydrogen-bond acceptors (Lipinski definition) is 3. The zero-order chi connectivity index (χ0) is 19.4. The van der Waals surface area contributed by atoms with Crippen LogP contribution in [-0.2, 0) is 9.59 Å². The number of piperidine rings is 1. The molecular weight excluding hydrogens is 353 g/mol. The number of benzene rings is 1. The highest BCUT2D eigenvalue weighted by Crippen LogP contribution is 2.22. The Hall–Kier alpha value is -2.64. The third-order valence-electron chi connectivity index (χ3n) is 5.19. The van der Waals surface area contributed by atoms with Gasteiger partial charge in [-0.25, -0.2) is 14.0 Å². The minimum absolute atomic E-state index is 0.0612. The van der Waals surface area contributed by atoms with Crippen LogP contribution in [0.15, 0.2) is 24.3 Å². The van der Waals surface area contributed by atoms with E-state index in [1.807, 2.05) is 0 Å². The van der Waals surface area contributed by atoms with Crippen molar-refractivity contribution in [2.24, 2.45) is 5.92 Å². The van der Waals surface area contributed by atoms with Crippen LogP contribution in [0.5, 0.6) is 0 Å². The van der Waals surface area contributed by atoms with E-state index in [9.17, 15) is 23.9 Å². The Morgan fingerprint density at radius 3 is 2.41 bits per heavy atom. The first-order valence-corrected chi connectivity index (χ1v) is 9.29. The van der Waals surface area contributed by atoms with E-state index in [0.717, 1.165) is 32.0 Å².